The summed E-state index contributed by atoms with van der Waals surface area (Å²) in [5.74, 6) is -1.07. The van der Waals surface area contributed by atoms with Gasteiger partial charge < -0.3 is 10.6 Å². The molecule has 0 aliphatic heterocycles. The van der Waals surface area contributed by atoms with Gasteiger partial charge >= 0.3 is 0 Å². The number of unbranched alkanes of at least 4 members (excludes halogenated alkanes) is 1. The van der Waals surface area contributed by atoms with Crippen LogP contribution >= 0.6 is 0 Å². The zero-order chi connectivity index (χ0) is 11.3. The molecule has 0 aliphatic carbocycles. The van der Waals surface area contributed by atoms with E-state index in [4.69, 9.17) is 5.73 Å². The van der Waals surface area contributed by atoms with Gasteiger partial charge in [0, 0.05) is 19.7 Å². The van der Waals surface area contributed by atoms with Crippen LogP contribution in [0.2, 0.25) is 0 Å². The van der Waals surface area contributed by atoms with Crippen LogP contribution in [0, 0.1) is 11.6 Å². The molecule has 2 N–H and O–H groups in total. The van der Waals surface area contributed by atoms with E-state index in [0.29, 0.717) is 12.2 Å². The molecule has 2 nitrogen and oxygen atoms in total. The minimum atomic E-state index is -0.549. The van der Waals surface area contributed by atoms with Gasteiger partial charge in [0.1, 0.15) is 11.6 Å². The summed E-state index contributed by atoms with van der Waals surface area (Å²) in [7, 11) is 1.78. The second kappa shape index (κ2) is 5.66. The van der Waals surface area contributed by atoms with Gasteiger partial charge in [0.05, 0.1) is 5.69 Å². The Kier molecular flexibility index (Phi) is 4.49. The number of benzene rings is 1. The van der Waals surface area contributed by atoms with Crippen LogP contribution in [0.1, 0.15) is 12.8 Å². The fraction of sp³-hybridized carbons (Fsp3) is 0.455. The van der Waals surface area contributed by atoms with Crippen molar-refractivity contribution in [3.63, 3.8) is 0 Å². The standard InChI is InChI=1S/C11H16F2N2/c1-15(7-3-2-6-14)11-5-4-9(12)8-10(11)13/h4-5,8H,2-3,6-7,14H2,1H3. The summed E-state index contributed by atoms with van der Waals surface area (Å²) >= 11 is 0. The van der Waals surface area contributed by atoms with E-state index in [-0.39, 0.29) is 0 Å². The molecule has 0 amide bonds. The van der Waals surface area contributed by atoms with E-state index in [1.807, 2.05) is 0 Å². The van der Waals surface area contributed by atoms with Gasteiger partial charge in [0.2, 0.25) is 0 Å². The van der Waals surface area contributed by atoms with Crippen LogP contribution in [0.4, 0.5) is 14.5 Å². The van der Waals surface area contributed by atoms with Gasteiger partial charge in [-0.3, -0.25) is 0 Å². The van der Waals surface area contributed by atoms with Crippen LogP contribution in [0.5, 0.6) is 0 Å². The third kappa shape index (κ3) is 3.47. The largest absolute Gasteiger partial charge is 0.372 e. The van der Waals surface area contributed by atoms with E-state index < -0.39 is 11.6 Å². The molecular formula is C11H16F2N2. The highest BCUT2D eigenvalue weighted by molar-refractivity contribution is 5.46. The predicted molar refractivity (Wildman–Crippen MR) is 57.9 cm³/mol. The van der Waals surface area contributed by atoms with E-state index in [2.05, 4.69) is 0 Å². The molecule has 0 saturated heterocycles. The average molecular weight is 214 g/mol. The Hall–Kier alpha value is -1.16. The van der Waals surface area contributed by atoms with E-state index >= 15 is 0 Å². The van der Waals surface area contributed by atoms with Crippen molar-refractivity contribution in [2.75, 3.05) is 25.0 Å². The molecule has 0 fully saturated rings. The van der Waals surface area contributed by atoms with Gasteiger partial charge in [0.25, 0.3) is 0 Å². The molecule has 84 valence electrons. The summed E-state index contributed by atoms with van der Waals surface area (Å²) in [6, 6.07) is 3.61. The van der Waals surface area contributed by atoms with Crippen LogP contribution in [0.15, 0.2) is 18.2 Å². The zero-order valence-corrected chi connectivity index (χ0v) is 8.84. The molecule has 0 aliphatic rings. The topological polar surface area (TPSA) is 29.3 Å². The minimum absolute atomic E-state index is 0.424. The molecule has 1 rings (SSSR count). The maximum atomic E-state index is 13.3. The van der Waals surface area contributed by atoms with Crippen LogP contribution in [0.25, 0.3) is 0 Å². The van der Waals surface area contributed by atoms with Crippen molar-refractivity contribution >= 4 is 5.69 Å². The Labute approximate surface area is 88.7 Å². The molecule has 0 atom stereocenters. The molecular weight excluding hydrogens is 198 g/mol. The second-order valence-corrected chi connectivity index (χ2v) is 3.51. The van der Waals surface area contributed by atoms with Crippen LogP contribution < -0.4 is 10.6 Å². The third-order valence-electron chi connectivity index (χ3n) is 2.27. The molecule has 1 aromatic rings. The van der Waals surface area contributed by atoms with Crippen molar-refractivity contribution < 1.29 is 8.78 Å². The van der Waals surface area contributed by atoms with Crippen molar-refractivity contribution in [3.05, 3.63) is 29.8 Å². The van der Waals surface area contributed by atoms with Gasteiger partial charge in [-0.15, -0.1) is 0 Å². The summed E-state index contributed by atoms with van der Waals surface area (Å²) < 4.78 is 25.9. The molecule has 0 unspecified atom stereocenters. The van der Waals surface area contributed by atoms with Crippen LogP contribution in [0.3, 0.4) is 0 Å². The van der Waals surface area contributed by atoms with Gasteiger partial charge in [-0.05, 0) is 31.5 Å². The summed E-state index contributed by atoms with van der Waals surface area (Å²) in [5, 5.41) is 0. The second-order valence-electron chi connectivity index (χ2n) is 3.51. The Morgan fingerprint density at radius 2 is 2.00 bits per heavy atom. The molecule has 0 saturated carbocycles. The minimum Gasteiger partial charge on any atom is -0.372 e. The molecule has 0 spiro atoms. The number of anilines is 1. The van der Waals surface area contributed by atoms with Gasteiger partial charge in [-0.1, -0.05) is 0 Å². The number of hydrogen-bond donors (Lipinski definition) is 1. The summed E-state index contributed by atoms with van der Waals surface area (Å²) in [6.07, 6.45) is 1.82. The smallest absolute Gasteiger partial charge is 0.149 e. The summed E-state index contributed by atoms with van der Waals surface area (Å²) in [6.45, 7) is 1.36. The normalized spacial score (nSPS) is 10.4. The van der Waals surface area contributed by atoms with E-state index in [9.17, 15) is 8.78 Å². The quantitative estimate of drug-likeness (QED) is 0.761. The fourth-order valence-corrected chi connectivity index (χ4v) is 1.40. The molecule has 0 radical (unpaired) electrons. The first-order valence-electron chi connectivity index (χ1n) is 5.01. The Morgan fingerprint density at radius 1 is 1.27 bits per heavy atom. The maximum absolute atomic E-state index is 13.3. The maximum Gasteiger partial charge on any atom is 0.149 e. The highest BCUT2D eigenvalue weighted by atomic mass is 19.1. The first-order chi connectivity index (χ1) is 7.15. The van der Waals surface area contributed by atoms with Crippen LogP contribution in [-0.2, 0) is 0 Å². The summed E-state index contributed by atoms with van der Waals surface area (Å²) in [5.41, 5.74) is 5.79. The first kappa shape index (κ1) is 11.9. The molecule has 0 bridgehead atoms. The van der Waals surface area contributed by atoms with Crippen molar-refractivity contribution in [2.45, 2.75) is 12.8 Å². The van der Waals surface area contributed by atoms with Gasteiger partial charge in [0.15, 0.2) is 0 Å². The van der Waals surface area contributed by atoms with Crippen molar-refractivity contribution in [1.82, 2.24) is 0 Å². The highest BCUT2D eigenvalue weighted by Crippen LogP contribution is 2.18. The Morgan fingerprint density at radius 3 is 2.60 bits per heavy atom. The fourth-order valence-electron chi connectivity index (χ4n) is 1.40. The SMILES string of the molecule is CN(CCCCN)c1ccc(F)cc1F. The lowest BCUT2D eigenvalue weighted by atomic mass is 10.2. The summed E-state index contributed by atoms with van der Waals surface area (Å²) in [4.78, 5) is 1.77. The zero-order valence-electron chi connectivity index (χ0n) is 8.84. The lowest BCUT2D eigenvalue weighted by Crippen LogP contribution is -2.20. The Bertz CT molecular complexity index is 315. The average Bonchev–Trinajstić information content (AvgIpc) is 2.17. The molecule has 15 heavy (non-hydrogen) atoms. The number of hydrogen-bond acceptors (Lipinski definition) is 2. The van der Waals surface area contributed by atoms with Crippen molar-refractivity contribution in [2.24, 2.45) is 5.73 Å². The number of nitrogens with zero attached hydrogens (tertiary/aromatic N) is 1. The van der Waals surface area contributed by atoms with Crippen molar-refractivity contribution in [3.8, 4) is 0 Å². The van der Waals surface area contributed by atoms with E-state index in [0.717, 1.165) is 25.5 Å². The van der Waals surface area contributed by atoms with Gasteiger partial charge in [-0.25, -0.2) is 8.78 Å². The highest BCUT2D eigenvalue weighted by Gasteiger charge is 2.07. The predicted octanol–water partition coefficient (Wildman–Crippen LogP) is 2.14. The van der Waals surface area contributed by atoms with Crippen LogP contribution in [-0.4, -0.2) is 20.1 Å². The lowest BCUT2D eigenvalue weighted by Gasteiger charge is -2.19. The lowest BCUT2D eigenvalue weighted by molar-refractivity contribution is 0.579. The molecule has 1 aromatic carbocycles. The number of halogens is 2. The van der Waals surface area contributed by atoms with Crippen molar-refractivity contribution in [1.29, 1.82) is 0 Å². The third-order valence-corrected chi connectivity index (χ3v) is 2.27. The first-order valence-corrected chi connectivity index (χ1v) is 5.01. The Balaban J connectivity index is 2.61. The monoisotopic (exact) mass is 214 g/mol. The molecule has 0 aromatic heterocycles. The van der Waals surface area contributed by atoms with E-state index in [1.165, 1.54) is 12.1 Å². The van der Waals surface area contributed by atoms with Gasteiger partial charge in [-0.2, -0.15) is 0 Å². The van der Waals surface area contributed by atoms with E-state index in [1.54, 1.807) is 11.9 Å². The molecule has 0 heterocycles. The molecule has 4 heteroatoms. The number of rotatable bonds is 5. The number of nitrogens with two attached hydrogens (primary N) is 1.